The topological polar surface area (TPSA) is 102 Å². The number of carbonyl (C=O) groups is 3. The predicted molar refractivity (Wildman–Crippen MR) is 119 cm³/mol. The molecule has 0 unspecified atom stereocenters. The summed E-state index contributed by atoms with van der Waals surface area (Å²) in [5.41, 5.74) is 6.84. The van der Waals surface area contributed by atoms with Crippen LogP contribution < -0.4 is 20.7 Å². The van der Waals surface area contributed by atoms with E-state index in [4.69, 9.17) is 10.5 Å². The SMILES string of the molecule is NC(=O)CCN(C(=O)COc1ccccc1C(=O)Nc1ccccc1)c1ccccc1. The molecule has 0 aliphatic rings. The molecule has 31 heavy (non-hydrogen) atoms. The Morgan fingerprint density at radius 2 is 1.45 bits per heavy atom. The second kappa shape index (κ2) is 10.6. The molecule has 0 aliphatic heterocycles. The number of para-hydroxylation sites is 3. The highest BCUT2D eigenvalue weighted by atomic mass is 16.5. The molecule has 3 rings (SSSR count). The molecule has 0 saturated heterocycles. The van der Waals surface area contributed by atoms with E-state index in [-0.39, 0.29) is 37.1 Å². The van der Waals surface area contributed by atoms with E-state index < -0.39 is 5.91 Å². The van der Waals surface area contributed by atoms with E-state index >= 15 is 0 Å². The Balaban J connectivity index is 1.71. The molecular weight excluding hydrogens is 394 g/mol. The number of carbonyl (C=O) groups excluding carboxylic acids is 3. The lowest BCUT2D eigenvalue weighted by atomic mass is 10.2. The maximum absolute atomic E-state index is 12.8. The summed E-state index contributed by atoms with van der Waals surface area (Å²) in [6.45, 7) is -0.166. The van der Waals surface area contributed by atoms with Crippen LogP contribution in [-0.4, -0.2) is 30.9 Å². The van der Waals surface area contributed by atoms with Crippen molar-refractivity contribution in [3.63, 3.8) is 0 Å². The molecule has 3 aromatic rings. The van der Waals surface area contributed by atoms with Crippen molar-refractivity contribution in [3.8, 4) is 5.75 Å². The van der Waals surface area contributed by atoms with E-state index in [1.807, 2.05) is 24.3 Å². The molecule has 0 heterocycles. The van der Waals surface area contributed by atoms with Gasteiger partial charge in [-0.25, -0.2) is 0 Å². The van der Waals surface area contributed by atoms with E-state index in [0.717, 1.165) is 0 Å². The minimum atomic E-state index is -0.502. The van der Waals surface area contributed by atoms with Crippen LogP contribution in [0.1, 0.15) is 16.8 Å². The molecule has 0 atom stereocenters. The van der Waals surface area contributed by atoms with Crippen LogP contribution in [0.4, 0.5) is 11.4 Å². The molecule has 3 N–H and O–H groups in total. The van der Waals surface area contributed by atoms with Gasteiger partial charge in [-0.1, -0.05) is 48.5 Å². The van der Waals surface area contributed by atoms with E-state index in [2.05, 4.69) is 5.32 Å². The van der Waals surface area contributed by atoms with Crippen molar-refractivity contribution in [2.45, 2.75) is 6.42 Å². The molecule has 0 bridgehead atoms. The highest BCUT2D eigenvalue weighted by molar-refractivity contribution is 6.06. The summed E-state index contributed by atoms with van der Waals surface area (Å²) in [6.07, 6.45) is 0.0245. The van der Waals surface area contributed by atoms with Gasteiger partial charge in [0.1, 0.15) is 5.75 Å². The number of amides is 3. The first kappa shape index (κ1) is 21.6. The van der Waals surface area contributed by atoms with Gasteiger partial charge in [-0.05, 0) is 36.4 Å². The van der Waals surface area contributed by atoms with E-state index in [1.54, 1.807) is 60.7 Å². The average Bonchev–Trinajstić information content (AvgIpc) is 2.79. The van der Waals surface area contributed by atoms with Crippen molar-refractivity contribution >= 4 is 29.1 Å². The maximum atomic E-state index is 12.8. The van der Waals surface area contributed by atoms with Gasteiger partial charge in [-0.2, -0.15) is 0 Å². The van der Waals surface area contributed by atoms with Gasteiger partial charge in [-0.15, -0.1) is 0 Å². The van der Waals surface area contributed by atoms with E-state index in [9.17, 15) is 14.4 Å². The molecule has 0 spiro atoms. The number of primary amides is 1. The van der Waals surface area contributed by atoms with Gasteiger partial charge in [0.05, 0.1) is 5.56 Å². The molecule has 0 aromatic heterocycles. The Morgan fingerprint density at radius 1 is 0.839 bits per heavy atom. The molecule has 158 valence electrons. The van der Waals surface area contributed by atoms with Gasteiger partial charge < -0.3 is 20.7 Å². The van der Waals surface area contributed by atoms with Crippen LogP contribution in [0.25, 0.3) is 0 Å². The number of nitrogens with zero attached hydrogens (tertiary/aromatic N) is 1. The number of hydrogen-bond donors (Lipinski definition) is 2. The largest absolute Gasteiger partial charge is 0.483 e. The second-order valence-corrected chi connectivity index (χ2v) is 6.70. The van der Waals surface area contributed by atoms with Gasteiger partial charge in [0.25, 0.3) is 11.8 Å². The van der Waals surface area contributed by atoms with Crippen LogP contribution in [0.3, 0.4) is 0 Å². The van der Waals surface area contributed by atoms with Crippen LogP contribution >= 0.6 is 0 Å². The Morgan fingerprint density at radius 3 is 2.13 bits per heavy atom. The molecular formula is C24H23N3O4. The number of nitrogens with two attached hydrogens (primary N) is 1. The molecule has 0 saturated carbocycles. The first-order valence-corrected chi connectivity index (χ1v) is 9.76. The number of nitrogens with one attached hydrogen (secondary N) is 1. The summed E-state index contributed by atoms with van der Waals surface area (Å²) in [5, 5.41) is 2.80. The first-order chi connectivity index (χ1) is 15.0. The molecule has 0 radical (unpaired) electrons. The molecule has 0 aliphatic carbocycles. The summed E-state index contributed by atoms with van der Waals surface area (Å²) in [5.74, 6) is -0.918. The summed E-state index contributed by atoms with van der Waals surface area (Å²) >= 11 is 0. The quantitative estimate of drug-likeness (QED) is 0.558. The second-order valence-electron chi connectivity index (χ2n) is 6.70. The van der Waals surface area contributed by atoms with Crippen molar-refractivity contribution in [3.05, 3.63) is 90.5 Å². The Bertz CT molecular complexity index is 1040. The van der Waals surface area contributed by atoms with Crippen LogP contribution in [0.5, 0.6) is 5.75 Å². The van der Waals surface area contributed by atoms with Crippen LogP contribution in [0, 0.1) is 0 Å². The minimum Gasteiger partial charge on any atom is -0.483 e. The number of hydrogen-bond acceptors (Lipinski definition) is 4. The van der Waals surface area contributed by atoms with Crippen LogP contribution in [0.15, 0.2) is 84.9 Å². The molecule has 0 fully saturated rings. The van der Waals surface area contributed by atoms with Gasteiger partial charge >= 0.3 is 0 Å². The zero-order chi connectivity index (χ0) is 22.1. The third kappa shape index (κ3) is 6.17. The van der Waals surface area contributed by atoms with Crippen LogP contribution in [0.2, 0.25) is 0 Å². The molecule has 7 heteroatoms. The predicted octanol–water partition coefficient (Wildman–Crippen LogP) is 3.23. The number of ether oxygens (including phenoxy) is 1. The lowest BCUT2D eigenvalue weighted by Gasteiger charge is -2.22. The van der Waals surface area contributed by atoms with Crippen molar-refractivity contribution in [2.75, 3.05) is 23.4 Å². The highest BCUT2D eigenvalue weighted by Crippen LogP contribution is 2.21. The maximum Gasteiger partial charge on any atom is 0.264 e. The number of anilines is 2. The van der Waals surface area contributed by atoms with Gasteiger partial charge in [-0.3, -0.25) is 14.4 Å². The Labute approximate surface area is 180 Å². The Kier molecular flexibility index (Phi) is 7.37. The van der Waals surface area contributed by atoms with Gasteiger partial charge in [0, 0.05) is 24.3 Å². The number of rotatable bonds is 9. The molecule has 3 aromatic carbocycles. The highest BCUT2D eigenvalue weighted by Gasteiger charge is 2.19. The van der Waals surface area contributed by atoms with Gasteiger partial charge in [0.15, 0.2) is 6.61 Å². The van der Waals surface area contributed by atoms with Crippen molar-refractivity contribution < 1.29 is 19.1 Å². The first-order valence-electron chi connectivity index (χ1n) is 9.76. The lowest BCUT2D eigenvalue weighted by Crippen LogP contribution is -2.37. The third-order valence-corrected chi connectivity index (χ3v) is 4.47. The smallest absolute Gasteiger partial charge is 0.264 e. The summed E-state index contributed by atoms with van der Waals surface area (Å²) < 4.78 is 5.70. The van der Waals surface area contributed by atoms with Crippen molar-refractivity contribution in [1.29, 1.82) is 0 Å². The van der Waals surface area contributed by atoms with E-state index in [0.29, 0.717) is 16.9 Å². The number of benzene rings is 3. The third-order valence-electron chi connectivity index (χ3n) is 4.47. The fourth-order valence-corrected chi connectivity index (χ4v) is 2.95. The monoisotopic (exact) mass is 417 g/mol. The summed E-state index contributed by atoms with van der Waals surface area (Å²) in [6, 6.07) is 24.7. The standard InChI is InChI=1S/C24H23N3O4/c25-22(28)15-16-27(19-11-5-2-6-12-19)23(29)17-31-21-14-8-7-13-20(21)24(30)26-18-9-3-1-4-10-18/h1-14H,15-17H2,(H2,25,28)(H,26,30). The van der Waals surface area contributed by atoms with Crippen LogP contribution in [-0.2, 0) is 9.59 Å². The lowest BCUT2D eigenvalue weighted by molar-refractivity contribution is -0.120. The summed E-state index contributed by atoms with van der Waals surface area (Å²) in [4.78, 5) is 38.2. The average molecular weight is 417 g/mol. The normalized spacial score (nSPS) is 10.2. The Hall–Kier alpha value is -4.13. The fraction of sp³-hybridized carbons (Fsp3) is 0.125. The minimum absolute atomic E-state index is 0.0245. The zero-order valence-electron chi connectivity index (χ0n) is 16.9. The van der Waals surface area contributed by atoms with Crippen molar-refractivity contribution in [1.82, 2.24) is 0 Å². The molecule has 3 amide bonds. The fourth-order valence-electron chi connectivity index (χ4n) is 2.95. The van der Waals surface area contributed by atoms with Gasteiger partial charge in [0.2, 0.25) is 5.91 Å². The zero-order valence-corrected chi connectivity index (χ0v) is 16.9. The van der Waals surface area contributed by atoms with Crippen molar-refractivity contribution in [2.24, 2.45) is 5.73 Å². The summed E-state index contributed by atoms with van der Waals surface area (Å²) in [7, 11) is 0. The molecule has 7 nitrogen and oxygen atoms in total. The van der Waals surface area contributed by atoms with E-state index in [1.165, 1.54) is 4.90 Å².